The van der Waals surface area contributed by atoms with Crippen molar-refractivity contribution in [3.05, 3.63) is 0 Å². The molecular weight excluding hydrogens is 246 g/mol. The number of nitrogens with zero attached hydrogens (tertiary/aromatic N) is 2. The van der Waals surface area contributed by atoms with Gasteiger partial charge in [-0.2, -0.15) is 0 Å². The van der Waals surface area contributed by atoms with E-state index >= 15 is 0 Å². The molecule has 6 heteroatoms. The van der Waals surface area contributed by atoms with Crippen LogP contribution in [-0.4, -0.2) is 65.2 Å². The molecule has 0 aliphatic carbocycles. The predicted octanol–water partition coefficient (Wildman–Crippen LogP) is 0.728. The average Bonchev–Trinajstić information content (AvgIpc) is 2.83. The van der Waals surface area contributed by atoms with Gasteiger partial charge in [0.05, 0.1) is 0 Å². The monoisotopic (exact) mass is 269 g/mol. The van der Waals surface area contributed by atoms with Crippen molar-refractivity contribution in [2.45, 2.75) is 50.7 Å². The number of hydrogen-bond donors (Lipinski definition) is 2. The molecule has 108 valence electrons. The first-order chi connectivity index (χ1) is 8.99. The van der Waals surface area contributed by atoms with Crippen molar-refractivity contribution in [1.82, 2.24) is 15.1 Å². The van der Waals surface area contributed by atoms with E-state index < -0.39 is 12.0 Å². The number of aliphatic carboxylic acids is 1. The van der Waals surface area contributed by atoms with Crippen molar-refractivity contribution in [2.24, 2.45) is 0 Å². The average molecular weight is 269 g/mol. The standard InChI is InChI=1S/C13H23N3O3/c1-9-8-10(5-7-15(9)2)14-13(19)16-6-3-4-11(16)12(17)18/h9-11H,3-8H2,1-2H3,(H,14,19)(H,17,18)/t9?,10?,11-/m0/s1. The number of hydrogen-bond acceptors (Lipinski definition) is 3. The Hall–Kier alpha value is -1.30. The van der Waals surface area contributed by atoms with Gasteiger partial charge in [-0.3, -0.25) is 0 Å². The van der Waals surface area contributed by atoms with Gasteiger partial charge in [-0.1, -0.05) is 0 Å². The number of carboxylic acids is 1. The summed E-state index contributed by atoms with van der Waals surface area (Å²) in [5.74, 6) is -0.899. The summed E-state index contributed by atoms with van der Waals surface area (Å²) >= 11 is 0. The van der Waals surface area contributed by atoms with Gasteiger partial charge < -0.3 is 20.2 Å². The van der Waals surface area contributed by atoms with Crippen LogP contribution in [0.5, 0.6) is 0 Å². The largest absolute Gasteiger partial charge is 0.480 e. The van der Waals surface area contributed by atoms with Gasteiger partial charge in [0.25, 0.3) is 0 Å². The lowest BCUT2D eigenvalue weighted by Gasteiger charge is -2.36. The molecule has 0 aromatic heterocycles. The van der Waals surface area contributed by atoms with Gasteiger partial charge in [0.2, 0.25) is 0 Å². The Morgan fingerprint density at radius 1 is 1.26 bits per heavy atom. The normalized spacial score (nSPS) is 32.3. The maximum atomic E-state index is 12.2. The molecule has 2 rings (SSSR count). The molecule has 2 amide bonds. The first kappa shape index (κ1) is 14.1. The van der Waals surface area contributed by atoms with E-state index in [2.05, 4.69) is 24.2 Å². The number of piperidine rings is 1. The van der Waals surface area contributed by atoms with Gasteiger partial charge in [-0.25, -0.2) is 9.59 Å². The molecule has 2 aliphatic rings. The topological polar surface area (TPSA) is 72.9 Å². The molecule has 0 aromatic rings. The van der Waals surface area contributed by atoms with Crippen molar-refractivity contribution in [3.8, 4) is 0 Å². The molecular formula is C13H23N3O3. The second-order valence-electron chi connectivity index (χ2n) is 5.69. The molecule has 0 saturated carbocycles. The van der Waals surface area contributed by atoms with Crippen LogP contribution >= 0.6 is 0 Å². The second kappa shape index (κ2) is 5.77. The van der Waals surface area contributed by atoms with Crippen molar-refractivity contribution >= 4 is 12.0 Å². The Morgan fingerprint density at radius 3 is 2.63 bits per heavy atom. The molecule has 2 unspecified atom stereocenters. The molecule has 2 aliphatic heterocycles. The summed E-state index contributed by atoms with van der Waals surface area (Å²) in [5.41, 5.74) is 0. The maximum Gasteiger partial charge on any atom is 0.326 e. The van der Waals surface area contributed by atoms with Crippen LogP contribution in [0.2, 0.25) is 0 Å². The minimum absolute atomic E-state index is 0.161. The number of nitrogens with one attached hydrogen (secondary N) is 1. The highest BCUT2D eigenvalue weighted by molar-refractivity contribution is 5.83. The van der Waals surface area contributed by atoms with Crippen molar-refractivity contribution in [1.29, 1.82) is 0 Å². The lowest BCUT2D eigenvalue weighted by Crippen LogP contribution is -2.52. The summed E-state index contributed by atoms with van der Waals surface area (Å²) in [7, 11) is 2.09. The zero-order chi connectivity index (χ0) is 14.0. The number of likely N-dealkylation sites (tertiary alicyclic amines) is 2. The summed E-state index contributed by atoms with van der Waals surface area (Å²) in [6, 6.07) is -0.253. The van der Waals surface area contributed by atoms with Crippen molar-refractivity contribution in [2.75, 3.05) is 20.1 Å². The predicted molar refractivity (Wildman–Crippen MR) is 71.0 cm³/mol. The van der Waals surface area contributed by atoms with Gasteiger partial charge in [0, 0.05) is 25.2 Å². The Balaban J connectivity index is 1.89. The first-order valence-corrected chi connectivity index (χ1v) is 6.99. The van der Waals surface area contributed by atoms with Crippen LogP contribution in [-0.2, 0) is 4.79 Å². The van der Waals surface area contributed by atoms with E-state index in [0.717, 1.165) is 25.8 Å². The van der Waals surface area contributed by atoms with Crippen LogP contribution in [0.15, 0.2) is 0 Å². The van der Waals surface area contributed by atoms with Gasteiger partial charge >= 0.3 is 12.0 Å². The van der Waals surface area contributed by atoms with Crippen molar-refractivity contribution in [3.63, 3.8) is 0 Å². The lowest BCUT2D eigenvalue weighted by atomic mass is 9.99. The van der Waals surface area contributed by atoms with E-state index in [0.29, 0.717) is 19.0 Å². The third kappa shape index (κ3) is 3.18. The Labute approximate surface area is 113 Å². The van der Waals surface area contributed by atoms with E-state index in [4.69, 9.17) is 5.11 Å². The van der Waals surface area contributed by atoms with E-state index in [1.54, 1.807) is 0 Å². The summed E-state index contributed by atoms with van der Waals surface area (Å²) < 4.78 is 0. The van der Waals surface area contributed by atoms with E-state index in [-0.39, 0.29) is 12.1 Å². The molecule has 6 nitrogen and oxygen atoms in total. The zero-order valence-corrected chi connectivity index (χ0v) is 11.6. The van der Waals surface area contributed by atoms with Crippen LogP contribution < -0.4 is 5.32 Å². The van der Waals surface area contributed by atoms with Crippen LogP contribution in [0.1, 0.15) is 32.6 Å². The number of carbonyl (C=O) groups is 2. The fraction of sp³-hybridized carbons (Fsp3) is 0.846. The third-order valence-electron chi connectivity index (χ3n) is 4.33. The molecule has 3 atom stereocenters. The minimum Gasteiger partial charge on any atom is -0.480 e. The van der Waals surface area contributed by atoms with Crippen LogP contribution in [0.25, 0.3) is 0 Å². The molecule has 2 fully saturated rings. The number of carbonyl (C=O) groups excluding carboxylic acids is 1. The van der Waals surface area contributed by atoms with Crippen LogP contribution in [0.3, 0.4) is 0 Å². The number of urea groups is 1. The van der Waals surface area contributed by atoms with Crippen molar-refractivity contribution < 1.29 is 14.7 Å². The fourth-order valence-electron chi connectivity index (χ4n) is 2.94. The summed E-state index contributed by atoms with van der Waals surface area (Å²) in [4.78, 5) is 27.0. The summed E-state index contributed by atoms with van der Waals surface area (Å²) in [5, 5.41) is 12.1. The molecule has 2 N–H and O–H groups in total. The Kier molecular flexibility index (Phi) is 4.29. The maximum absolute atomic E-state index is 12.2. The smallest absolute Gasteiger partial charge is 0.326 e. The second-order valence-corrected chi connectivity index (χ2v) is 5.69. The van der Waals surface area contributed by atoms with Gasteiger partial charge in [-0.15, -0.1) is 0 Å². The molecule has 2 heterocycles. The summed E-state index contributed by atoms with van der Waals surface area (Å²) in [6.07, 6.45) is 3.19. The number of rotatable bonds is 2. The number of carboxylic acid groups (broad SMARTS) is 1. The highest BCUT2D eigenvalue weighted by Gasteiger charge is 2.35. The molecule has 2 saturated heterocycles. The molecule has 0 aromatic carbocycles. The van der Waals surface area contributed by atoms with E-state index in [1.165, 1.54) is 4.90 Å². The van der Waals surface area contributed by atoms with Gasteiger partial charge in [0.1, 0.15) is 6.04 Å². The van der Waals surface area contributed by atoms with Crippen LogP contribution in [0, 0.1) is 0 Å². The minimum atomic E-state index is -0.899. The van der Waals surface area contributed by atoms with E-state index in [9.17, 15) is 9.59 Å². The Bertz CT molecular complexity index is 361. The van der Waals surface area contributed by atoms with Crippen LogP contribution in [0.4, 0.5) is 4.79 Å². The zero-order valence-electron chi connectivity index (χ0n) is 11.6. The quantitative estimate of drug-likeness (QED) is 0.775. The molecule has 0 radical (unpaired) electrons. The lowest BCUT2D eigenvalue weighted by molar-refractivity contribution is -0.141. The van der Waals surface area contributed by atoms with Gasteiger partial charge in [0.15, 0.2) is 0 Å². The summed E-state index contributed by atoms with van der Waals surface area (Å²) in [6.45, 7) is 3.66. The molecule has 0 spiro atoms. The fourth-order valence-corrected chi connectivity index (χ4v) is 2.94. The molecule has 0 bridgehead atoms. The third-order valence-corrected chi connectivity index (χ3v) is 4.33. The first-order valence-electron chi connectivity index (χ1n) is 6.99. The Morgan fingerprint density at radius 2 is 2.00 bits per heavy atom. The van der Waals surface area contributed by atoms with E-state index in [1.807, 2.05) is 0 Å². The SMILES string of the molecule is CC1CC(NC(=O)N2CCC[C@H]2C(=O)O)CCN1C. The highest BCUT2D eigenvalue weighted by Crippen LogP contribution is 2.19. The number of amides is 2. The highest BCUT2D eigenvalue weighted by atomic mass is 16.4. The molecule has 19 heavy (non-hydrogen) atoms. The van der Waals surface area contributed by atoms with Gasteiger partial charge in [-0.05, 0) is 39.7 Å².